The molecule has 0 unspecified atom stereocenters. The summed E-state index contributed by atoms with van der Waals surface area (Å²) in [6, 6.07) is 16.1. The monoisotopic (exact) mass is 544 g/mol. The molecule has 1 aromatic heterocycles. The molecule has 37 heavy (non-hydrogen) atoms. The SMILES string of the molecule is CC[C@@H](c1nnc(S[C@@H](C)C(=O)Nc2ccc(S(=O)(=O)NC(C)C)cc2)n1Cc1ccccc1)N(C)C. The van der Waals surface area contributed by atoms with Crippen LogP contribution in [0.5, 0.6) is 0 Å². The minimum atomic E-state index is -3.59. The summed E-state index contributed by atoms with van der Waals surface area (Å²) in [6.45, 7) is 8.06. The first kappa shape index (κ1) is 28.8. The molecule has 0 spiro atoms. The van der Waals surface area contributed by atoms with E-state index >= 15 is 0 Å². The molecule has 0 radical (unpaired) electrons. The van der Waals surface area contributed by atoms with Crippen LogP contribution in [0.15, 0.2) is 64.6 Å². The number of carbonyl (C=O) groups is 1. The van der Waals surface area contributed by atoms with Gasteiger partial charge in [0.15, 0.2) is 11.0 Å². The van der Waals surface area contributed by atoms with E-state index in [1.54, 1.807) is 26.0 Å². The molecule has 0 saturated carbocycles. The summed E-state index contributed by atoms with van der Waals surface area (Å²) < 4.78 is 29.3. The van der Waals surface area contributed by atoms with Gasteiger partial charge in [-0.2, -0.15) is 0 Å². The number of carbonyl (C=O) groups excluding carboxylic acids is 1. The van der Waals surface area contributed by atoms with Crippen molar-refractivity contribution in [3.8, 4) is 0 Å². The molecule has 1 amide bonds. The van der Waals surface area contributed by atoms with Gasteiger partial charge in [-0.1, -0.05) is 49.0 Å². The average molecular weight is 545 g/mol. The number of amides is 1. The van der Waals surface area contributed by atoms with E-state index in [1.165, 1.54) is 23.9 Å². The molecule has 0 aliphatic rings. The number of hydrogen-bond acceptors (Lipinski definition) is 7. The summed E-state index contributed by atoms with van der Waals surface area (Å²) in [4.78, 5) is 15.3. The number of nitrogens with zero attached hydrogens (tertiary/aromatic N) is 4. The molecule has 0 fully saturated rings. The summed E-state index contributed by atoms with van der Waals surface area (Å²) in [5.74, 6) is 0.648. The van der Waals surface area contributed by atoms with Crippen molar-refractivity contribution in [2.75, 3.05) is 19.4 Å². The zero-order chi connectivity index (χ0) is 27.2. The predicted octanol–water partition coefficient (Wildman–Crippen LogP) is 4.15. The predicted molar refractivity (Wildman–Crippen MR) is 148 cm³/mol. The van der Waals surface area contributed by atoms with Crippen LogP contribution < -0.4 is 10.0 Å². The van der Waals surface area contributed by atoms with Gasteiger partial charge in [0.2, 0.25) is 15.9 Å². The second-order valence-corrected chi connectivity index (χ2v) is 12.4. The molecule has 11 heteroatoms. The molecule has 3 rings (SSSR count). The molecule has 0 aliphatic heterocycles. The normalized spacial score (nSPS) is 13.6. The van der Waals surface area contributed by atoms with E-state index in [2.05, 4.69) is 48.8 Å². The number of aromatic nitrogens is 3. The Morgan fingerprint density at radius 3 is 2.24 bits per heavy atom. The van der Waals surface area contributed by atoms with Crippen LogP contribution >= 0.6 is 11.8 Å². The topological polar surface area (TPSA) is 109 Å². The van der Waals surface area contributed by atoms with Crippen LogP contribution in [0.1, 0.15) is 51.5 Å². The van der Waals surface area contributed by atoms with E-state index in [0.717, 1.165) is 17.8 Å². The third-order valence-corrected chi connectivity index (χ3v) is 8.47. The first-order valence-electron chi connectivity index (χ1n) is 12.2. The largest absolute Gasteiger partial charge is 0.325 e. The summed E-state index contributed by atoms with van der Waals surface area (Å²) in [5, 5.41) is 12.0. The number of thioether (sulfide) groups is 1. The Bertz CT molecular complexity index is 1280. The minimum absolute atomic E-state index is 0.0923. The smallest absolute Gasteiger partial charge is 0.240 e. The molecular formula is C26H36N6O3S2. The van der Waals surface area contributed by atoms with E-state index in [9.17, 15) is 13.2 Å². The zero-order valence-electron chi connectivity index (χ0n) is 22.2. The van der Waals surface area contributed by atoms with Crippen molar-refractivity contribution < 1.29 is 13.2 Å². The molecule has 2 N–H and O–H groups in total. The lowest BCUT2D eigenvalue weighted by Gasteiger charge is -2.23. The highest BCUT2D eigenvalue weighted by Crippen LogP contribution is 2.29. The highest BCUT2D eigenvalue weighted by molar-refractivity contribution is 8.00. The Labute approximate surface area is 224 Å². The number of rotatable bonds is 12. The maximum atomic E-state index is 13.0. The van der Waals surface area contributed by atoms with Crippen LogP contribution in [-0.2, 0) is 21.4 Å². The number of nitrogens with one attached hydrogen (secondary N) is 2. The van der Waals surface area contributed by atoms with Crippen LogP contribution in [0, 0.1) is 0 Å². The highest BCUT2D eigenvalue weighted by Gasteiger charge is 2.25. The highest BCUT2D eigenvalue weighted by atomic mass is 32.2. The van der Waals surface area contributed by atoms with Gasteiger partial charge in [-0.25, -0.2) is 13.1 Å². The average Bonchev–Trinajstić information content (AvgIpc) is 3.21. The number of anilines is 1. The Hall–Kier alpha value is -2.73. The van der Waals surface area contributed by atoms with Crippen LogP contribution in [-0.4, -0.2) is 59.4 Å². The molecule has 2 aromatic carbocycles. The summed E-state index contributed by atoms with van der Waals surface area (Å²) in [7, 11) is 0.450. The van der Waals surface area contributed by atoms with E-state index in [0.29, 0.717) is 17.4 Å². The second kappa shape index (κ2) is 12.7. The fourth-order valence-corrected chi connectivity index (χ4v) is 5.98. The Morgan fingerprint density at radius 1 is 1.03 bits per heavy atom. The molecule has 9 nitrogen and oxygen atoms in total. The van der Waals surface area contributed by atoms with Crippen molar-refractivity contribution in [2.24, 2.45) is 0 Å². The van der Waals surface area contributed by atoms with Gasteiger partial charge in [0.25, 0.3) is 0 Å². The molecule has 0 aliphatic carbocycles. The number of hydrogen-bond donors (Lipinski definition) is 2. The van der Waals surface area contributed by atoms with Crippen molar-refractivity contribution >= 4 is 33.4 Å². The fourth-order valence-electron chi connectivity index (χ4n) is 3.88. The maximum absolute atomic E-state index is 13.0. The molecule has 2 atom stereocenters. The number of benzene rings is 2. The van der Waals surface area contributed by atoms with Gasteiger partial charge in [0, 0.05) is 11.7 Å². The molecular weight excluding hydrogens is 508 g/mol. The molecule has 0 bridgehead atoms. The Morgan fingerprint density at radius 2 is 1.68 bits per heavy atom. The Balaban J connectivity index is 1.76. The maximum Gasteiger partial charge on any atom is 0.240 e. The zero-order valence-corrected chi connectivity index (χ0v) is 23.8. The standard InChI is InChI=1S/C26H36N6O3S2/c1-7-23(31(5)6)24-28-29-26(32(24)17-20-11-9-8-10-12-20)36-19(4)25(33)27-21-13-15-22(16-14-21)37(34,35)30-18(2)3/h8-16,18-19,23,30H,7,17H2,1-6H3,(H,27,33)/t19-,23-/m0/s1. The molecule has 1 heterocycles. The van der Waals surface area contributed by atoms with Crippen LogP contribution in [0.2, 0.25) is 0 Å². The first-order valence-corrected chi connectivity index (χ1v) is 14.6. The first-order chi connectivity index (χ1) is 17.5. The Kier molecular flexibility index (Phi) is 9.88. The third-order valence-electron chi connectivity index (χ3n) is 5.71. The second-order valence-electron chi connectivity index (χ2n) is 9.35. The van der Waals surface area contributed by atoms with E-state index in [1.807, 2.05) is 39.2 Å². The number of sulfonamides is 1. The third kappa shape index (κ3) is 7.64. The van der Waals surface area contributed by atoms with Crippen molar-refractivity contribution in [2.45, 2.75) is 68.0 Å². The van der Waals surface area contributed by atoms with E-state index < -0.39 is 15.3 Å². The van der Waals surface area contributed by atoms with Crippen molar-refractivity contribution in [3.05, 3.63) is 66.0 Å². The summed E-state index contributed by atoms with van der Waals surface area (Å²) in [6.07, 6.45) is 0.874. The van der Waals surface area contributed by atoms with Gasteiger partial charge >= 0.3 is 0 Å². The summed E-state index contributed by atoms with van der Waals surface area (Å²) in [5.41, 5.74) is 1.64. The van der Waals surface area contributed by atoms with Crippen molar-refractivity contribution in [1.82, 2.24) is 24.4 Å². The van der Waals surface area contributed by atoms with Crippen molar-refractivity contribution in [3.63, 3.8) is 0 Å². The van der Waals surface area contributed by atoms with Gasteiger partial charge < -0.3 is 9.88 Å². The van der Waals surface area contributed by atoms with Gasteiger partial charge in [-0.15, -0.1) is 10.2 Å². The van der Waals surface area contributed by atoms with Gasteiger partial charge in [0.05, 0.1) is 22.7 Å². The van der Waals surface area contributed by atoms with Crippen molar-refractivity contribution in [1.29, 1.82) is 0 Å². The lowest BCUT2D eigenvalue weighted by Crippen LogP contribution is -2.30. The molecule has 3 aromatic rings. The minimum Gasteiger partial charge on any atom is -0.325 e. The molecule has 200 valence electrons. The van der Waals surface area contributed by atoms with Gasteiger partial charge in [-0.3, -0.25) is 9.69 Å². The van der Waals surface area contributed by atoms with E-state index in [4.69, 9.17) is 0 Å². The lowest BCUT2D eigenvalue weighted by atomic mass is 10.2. The lowest BCUT2D eigenvalue weighted by molar-refractivity contribution is -0.115. The van der Waals surface area contributed by atoms with Crippen LogP contribution in [0.3, 0.4) is 0 Å². The van der Waals surface area contributed by atoms with E-state index in [-0.39, 0.29) is 22.9 Å². The van der Waals surface area contributed by atoms with Crippen LogP contribution in [0.25, 0.3) is 0 Å². The van der Waals surface area contributed by atoms with Crippen LogP contribution in [0.4, 0.5) is 5.69 Å². The summed E-state index contributed by atoms with van der Waals surface area (Å²) >= 11 is 1.34. The quantitative estimate of drug-likeness (QED) is 0.330. The van der Waals surface area contributed by atoms with Gasteiger partial charge in [-0.05, 0) is 71.1 Å². The van der Waals surface area contributed by atoms with Gasteiger partial charge in [0.1, 0.15) is 0 Å². The fraction of sp³-hybridized carbons (Fsp3) is 0.423. The molecule has 0 saturated heterocycles.